The molecule has 19 heteroatoms. The van der Waals surface area contributed by atoms with Gasteiger partial charge in [-0.05, 0) is 118 Å². The molecule has 0 atom stereocenters. The number of aryl methyl sites for hydroxylation is 3. The lowest BCUT2D eigenvalue weighted by Gasteiger charge is -2.11. The van der Waals surface area contributed by atoms with Crippen LogP contribution in [0.2, 0.25) is 0 Å². The quantitative estimate of drug-likeness (QED) is 0.00737. The first-order valence-electron chi connectivity index (χ1n) is 32.8. The molecule has 9 aromatic carbocycles. The van der Waals surface area contributed by atoms with Gasteiger partial charge in [-0.2, -0.15) is 0 Å². The summed E-state index contributed by atoms with van der Waals surface area (Å²) >= 11 is 3.29. The highest BCUT2D eigenvalue weighted by molar-refractivity contribution is 9.10. The van der Waals surface area contributed by atoms with E-state index in [1.165, 1.54) is 78.4 Å². The second-order valence-corrected chi connectivity index (χ2v) is 24.4. The van der Waals surface area contributed by atoms with Crippen LogP contribution < -0.4 is 10.2 Å². The molecule has 0 bridgehead atoms. The first kappa shape index (κ1) is 79.5. The molecule has 5 N–H and O–H groups in total. The van der Waals surface area contributed by atoms with Crippen LogP contribution in [-0.2, 0) is 56.4 Å². The number of cyclic esters (lactones) is 2. The zero-order chi connectivity index (χ0) is 72.8. The molecule has 1 saturated heterocycles. The Labute approximate surface area is 588 Å². The van der Waals surface area contributed by atoms with Gasteiger partial charge < -0.3 is 34.8 Å². The summed E-state index contributed by atoms with van der Waals surface area (Å²) in [6.45, 7) is 13.1. The van der Waals surface area contributed by atoms with Crippen LogP contribution in [0.15, 0.2) is 211 Å². The van der Waals surface area contributed by atoms with Gasteiger partial charge in [-0.3, -0.25) is 9.59 Å². The first-order valence-corrected chi connectivity index (χ1v) is 33.6. The number of carboxylic acids is 1. The topological polar surface area (TPSA) is 188 Å². The number of carboxylic acid groups (broad SMARTS) is 1. The fraction of sp³-hybridized carbons (Fsp3) is 0.235. The molecule has 0 saturated carbocycles. The lowest BCUT2D eigenvalue weighted by atomic mass is 9.79. The highest BCUT2D eigenvalue weighted by Gasteiger charge is 2.25. The monoisotopic (exact) mass is 1430 g/mol. The standard InChI is InChI=1S/C28H26F2O4.C24H24F2O.C17H19BF2O2.C7H7BrO.C5H4O3/c1-3-4-5-6-19-7-9-20(10-8-19)23-15-16-24(27(30)26(23)29)21-11-13-22(14-12-21)34-25(31)17-18(2)28(32)33;1-2-3-4-5-17-6-10-19(11-7-17)21-14-15-22(24(26)23(21)25)20-12-8-18(16-27)9-13-20;1-2-3-4-5-12-6-8-13(9-7-12)14-10-11-15(18(21)22)17(20)16(14)19;8-7-3-1-6(5-9)2-4-7;1-3-2-4(6)8-5(3)7/h7-16H,2-6,17H2,1H3,(H,32,33);6-15,27H,2-5,16H2,1H3;6-11,21-22H,2-5H2,1H3;1-4,9H,5H2;1-2H2. The summed E-state index contributed by atoms with van der Waals surface area (Å²) in [7, 11) is -2.02. The van der Waals surface area contributed by atoms with Crippen molar-refractivity contribution in [3.63, 3.8) is 0 Å². The maximum Gasteiger partial charge on any atom is 0.491 e. The van der Waals surface area contributed by atoms with Crippen molar-refractivity contribution in [3.8, 4) is 61.4 Å². The van der Waals surface area contributed by atoms with E-state index in [1.54, 1.807) is 66.7 Å². The Morgan fingerprint density at radius 1 is 0.470 bits per heavy atom. The highest BCUT2D eigenvalue weighted by Crippen LogP contribution is 2.35. The van der Waals surface area contributed by atoms with E-state index in [-0.39, 0.29) is 64.3 Å². The minimum Gasteiger partial charge on any atom is -0.478 e. The number of halogens is 7. The molecule has 0 radical (unpaired) electrons. The van der Waals surface area contributed by atoms with Crippen LogP contribution in [0.4, 0.5) is 26.3 Å². The smallest absolute Gasteiger partial charge is 0.478 e. The van der Waals surface area contributed by atoms with Gasteiger partial charge in [-0.25, -0.2) is 35.9 Å². The third-order valence-electron chi connectivity index (χ3n) is 16.0. The predicted octanol–water partition coefficient (Wildman–Crippen LogP) is 18.5. The zero-order valence-electron chi connectivity index (χ0n) is 56.0. The average Bonchev–Trinajstić information content (AvgIpc) is 0.921. The van der Waals surface area contributed by atoms with Crippen LogP contribution in [0.25, 0.3) is 55.6 Å². The van der Waals surface area contributed by atoms with E-state index in [9.17, 15) is 45.5 Å². The third-order valence-corrected chi connectivity index (χ3v) is 16.5. The summed E-state index contributed by atoms with van der Waals surface area (Å²) in [6, 6.07) is 51.6. The number of hydrogen-bond acceptors (Lipinski definition) is 10. The maximum absolute atomic E-state index is 14.9. The lowest BCUT2D eigenvalue weighted by molar-refractivity contribution is -0.151. The predicted molar refractivity (Wildman–Crippen MR) is 384 cm³/mol. The van der Waals surface area contributed by atoms with Crippen LogP contribution in [0.3, 0.4) is 0 Å². The summed E-state index contributed by atoms with van der Waals surface area (Å²) in [5.41, 5.74) is 8.42. The minimum atomic E-state index is -2.02. The Hall–Kier alpha value is -9.50. The number of carbonyl (C=O) groups is 4. The van der Waals surface area contributed by atoms with Crippen molar-refractivity contribution in [1.82, 2.24) is 0 Å². The fourth-order valence-corrected chi connectivity index (χ4v) is 10.5. The number of ether oxygens (including phenoxy) is 2. The molecule has 0 unspecified atom stereocenters. The summed E-state index contributed by atoms with van der Waals surface area (Å²) in [6.07, 6.45) is 12.9. The van der Waals surface area contributed by atoms with Crippen molar-refractivity contribution < 1.29 is 80.4 Å². The summed E-state index contributed by atoms with van der Waals surface area (Å²) in [5, 5.41) is 44.5. The molecular formula is C81H80BBrF6O11. The first-order chi connectivity index (χ1) is 48.0. The fourth-order valence-electron chi connectivity index (χ4n) is 10.2. The molecule has 10 rings (SSSR count). The summed E-state index contributed by atoms with van der Waals surface area (Å²) in [5.74, 6) is -8.86. The van der Waals surface area contributed by atoms with Crippen LogP contribution in [0.5, 0.6) is 5.75 Å². The van der Waals surface area contributed by atoms with Gasteiger partial charge in [0.15, 0.2) is 34.9 Å². The molecule has 9 aromatic rings. The van der Waals surface area contributed by atoms with E-state index in [0.29, 0.717) is 27.8 Å². The summed E-state index contributed by atoms with van der Waals surface area (Å²) in [4.78, 5) is 42.9. The van der Waals surface area contributed by atoms with Crippen molar-refractivity contribution in [1.29, 1.82) is 0 Å². The van der Waals surface area contributed by atoms with Gasteiger partial charge in [0.2, 0.25) is 0 Å². The normalized spacial score (nSPS) is 11.4. The van der Waals surface area contributed by atoms with E-state index in [0.717, 1.165) is 73.4 Å². The summed E-state index contributed by atoms with van der Waals surface area (Å²) < 4.78 is 97.3. The second kappa shape index (κ2) is 40.5. The molecular weight excluding hydrogens is 1350 g/mol. The van der Waals surface area contributed by atoms with Crippen molar-refractivity contribution in [2.45, 2.75) is 124 Å². The molecule has 11 nitrogen and oxygen atoms in total. The Morgan fingerprint density at radius 2 is 0.780 bits per heavy atom. The van der Waals surface area contributed by atoms with Gasteiger partial charge in [-0.15, -0.1) is 0 Å². The maximum atomic E-state index is 14.9. The zero-order valence-corrected chi connectivity index (χ0v) is 57.5. The van der Waals surface area contributed by atoms with E-state index in [4.69, 9.17) is 30.1 Å². The SMILES string of the molecule is C=C(CC(=O)Oc1ccc(-c2ccc(-c3ccc(CCCCC)cc3)c(F)c2F)cc1)C(=O)O.C=C1CC(=O)OC1=O.CCCCCc1ccc(-c2ccc(-c3ccc(CO)cc3)c(F)c2F)cc1.CCCCCc1ccc(-c2ccc(B(O)O)c(F)c2F)cc1.OCc1ccc(Br)cc1. The number of benzene rings is 9. The van der Waals surface area contributed by atoms with Crippen molar-refractivity contribution in [2.75, 3.05) is 0 Å². The van der Waals surface area contributed by atoms with Gasteiger partial charge in [-0.1, -0.05) is 246 Å². The van der Waals surface area contributed by atoms with Crippen LogP contribution in [0.1, 0.15) is 119 Å². The molecule has 1 heterocycles. The number of unbranched alkanes of at least 4 members (excludes halogenated alkanes) is 6. The average molecular weight is 1430 g/mol. The van der Waals surface area contributed by atoms with E-state index in [2.05, 4.69) is 54.6 Å². The number of hydrogen-bond donors (Lipinski definition) is 5. The van der Waals surface area contributed by atoms with E-state index in [1.807, 2.05) is 72.8 Å². The van der Waals surface area contributed by atoms with Crippen LogP contribution in [0, 0.1) is 34.9 Å². The van der Waals surface area contributed by atoms with Gasteiger partial charge in [0.25, 0.3) is 0 Å². The Morgan fingerprint density at radius 3 is 1.06 bits per heavy atom. The molecule has 1 fully saturated rings. The Bertz CT molecular complexity index is 4170. The highest BCUT2D eigenvalue weighted by atomic mass is 79.9. The lowest BCUT2D eigenvalue weighted by Crippen LogP contribution is -2.33. The van der Waals surface area contributed by atoms with Crippen molar-refractivity contribution in [3.05, 3.63) is 273 Å². The van der Waals surface area contributed by atoms with Crippen LogP contribution in [-0.4, -0.2) is 56.4 Å². The van der Waals surface area contributed by atoms with Gasteiger partial charge in [0.1, 0.15) is 5.75 Å². The molecule has 0 spiro atoms. The molecule has 1 aliphatic heterocycles. The molecule has 1 aliphatic rings. The van der Waals surface area contributed by atoms with Crippen LogP contribution >= 0.6 is 15.9 Å². The number of esters is 3. The Balaban J connectivity index is 0.000000214. The van der Waals surface area contributed by atoms with Crippen molar-refractivity contribution >= 4 is 52.4 Å². The number of aliphatic hydroxyl groups excluding tert-OH is 2. The number of aliphatic hydroxyl groups is 2. The largest absolute Gasteiger partial charge is 0.491 e. The van der Waals surface area contributed by atoms with E-state index >= 15 is 0 Å². The third kappa shape index (κ3) is 23.9. The second-order valence-electron chi connectivity index (χ2n) is 23.5. The number of rotatable bonds is 24. The van der Waals surface area contributed by atoms with Gasteiger partial charge >= 0.3 is 31.0 Å². The van der Waals surface area contributed by atoms with E-state index < -0.39 is 77.8 Å². The minimum absolute atomic E-state index is 0.0544. The number of carbonyl (C=O) groups excluding carboxylic acids is 3. The molecule has 100 heavy (non-hydrogen) atoms. The number of aliphatic carboxylic acids is 1. The Kier molecular flexibility index (Phi) is 32.2. The molecule has 0 amide bonds. The van der Waals surface area contributed by atoms with Gasteiger partial charge in [0.05, 0.1) is 26.1 Å². The van der Waals surface area contributed by atoms with Crippen molar-refractivity contribution in [2.24, 2.45) is 0 Å². The van der Waals surface area contributed by atoms with Gasteiger partial charge in [0, 0.05) is 48.9 Å². The molecule has 0 aromatic heterocycles. The molecule has 0 aliphatic carbocycles. The molecule has 522 valence electrons.